The van der Waals surface area contributed by atoms with Gasteiger partial charge in [-0.25, -0.2) is 4.79 Å². The third-order valence-corrected chi connectivity index (χ3v) is 5.71. The zero-order chi connectivity index (χ0) is 21.0. The molecular formula is C19H15Cl2N3O4S. The summed E-state index contributed by atoms with van der Waals surface area (Å²) in [6, 6.07) is 9.78. The van der Waals surface area contributed by atoms with Gasteiger partial charge in [0.25, 0.3) is 11.5 Å². The molecule has 10 heteroatoms. The normalized spacial score (nSPS) is 11.7. The Morgan fingerprint density at radius 1 is 1.24 bits per heavy atom. The summed E-state index contributed by atoms with van der Waals surface area (Å²) in [5.74, 6) is -1.22. The van der Waals surface area contributed by atoms with Crippen molar-refractivity contribution in [2.45, 2.75) is 13.0 Å². The molecule has 1 amide bonds. The molecule has 0 radical (unpaired) electrons. The minimum absolute atomic E-state index is 0.00417. The lowest BCUT2D eigenvalue weighted by Crippen LogP contribution is -2.31. The number of ether oxygens (including phenoxy) is 1. The lowest BCUT2D eigenvalue weighted by atomic mass is 10.2. The number of hydrogen-bond donors (Lipinski definition) is 1. The van der Waals surface area contributed by atoms with Gasteiger partial charge in [0, 0.05) is 4.88 Å². The van der Waals surface area contributed by atoms with Gasteiger partial charge in [-0.1, -0.05) is 41.4 Å². The Morgan fingerprint density at radius 2 is 2.00 bits per heavy atom. The van der Waals surface area contributed by atoms with Crippen molar-refractivity contribution in [2.24, 2.45) is 0 Å². The molecule has 150 valence electrons. The van der Waals surface area contributed by atoms with Gasteiger partial charge >= 0.3 is 5.97 Å². The first-order valence-corrected chi connectivity index (χ1v) is 10.0. The van der Waals surface area contributed by atoms with Crippen LogP contribution in [0, 0.1) is 0 Å². The van der Waals surface area contributed by atoms with Gasteiger partial charge in [-0.2, -0.15) is 9.78 Å². The Morgan fingerprint density at radius 3 is 2.72 bits per heavy atom. The highest BCUT2D eigenvalue weighted by atomic mass is 35.5. The van der Waals surface area contributed by atoms with Crippen LogP contribution in [0.3, 0.4) is 0 Å². The fourth-order valence-electron chi connectivity index (χ4n) is 2.52. The smallest absolute Gasteiger partial charge is 0.340 e. The lowest BCUT2D eigenvalue weighted by molar-refractivity contribution is -0.124. The Bertz CT molecular complexity index is 1100. The molecule has 3 rings (SSSR count). The number of para-hydroxylation sites is 1. The van der Waals surface area contributed by atoms with Crippen molar-refractivity contribution < 1.29 is 14.3 Å². The quantitative estimate of drug-likeness (QED) is 0.577. The molecule has 29 heavy (non-hydrogen) atoms. The average molecular weight is 452 g/mol. The third kappa shape index (κ3) is 4.84. The van der Waals surface area contributed by atoms with Crippen molar-refractivity contribution in [3.63, 3.8) is 0 Å². The van der Waals surface area contributed by atoms with E-state index in [1.807, 2.05) is 24.4 Å². The molecule has 1 N–H and O–H groups in total. The molecule has 2 heterocycles. The van der Waals surface area contributed by atoms with E-state index in [4.69, 9.17) is 27.9 Å². The second-order valence-corrected chi connectivity index (χ2v) is 7.69. The predicted octanol–water partition coefficient (Wildman–Crippen LogP) is 3.64. The average Bonchev–Trinajstić information content (AvgIpc) is 3.25. The SMILES string of the molecule is CC(NC(=O)COC(=O)c1ccccc1-n1ncc(Cl)c(Cl)c1=O)c1cccs1. The Hall–Kier alpha value is -2.68. The summed E-state index contributed by atoms with van der Waals surface area (Å²) in [6.07, 6.45) is 1.20. The minimum atomic E-state index is -0.778. The number of carbonyl (C=O) groups is 2. The monoisotopic (exact) mass is 451 g/mol. The van der Waals surface area contributed by atoms with Crippen molar-refractivity contribution in [3.8, 4) is 5.69 Å². The van der Waals surface area contributed by atoms with Crippen LogP contribution in [0.15, 0.2) is 52.8 Å². The number of rotatable bonds is 6. The molecule has 0 aliphatic carbocycles. The number of nitrogens with zero attached hydrogens (tertiary/aromatic N) is 2. The number of amides is 1. The molecule has 3 aromatic rings. The molecule has 0 bridgehead atoms. The number of carbonyl (C=O) groups excluding carboxylic acids is 2. The van der Waals surface area contributed by atoms with E-state index in [-0.39, 0.29) is 27.3 Å². The van der Waals surface area contributed by atoms with E-state index in [9.17, 15) is 14.4 Å². The van der Waals surface area contributed by atoms with E-state index < -0.39 is 24.0 Å². The largest absolute Gasteiger partial charge is 0.452 e. The number of hydrogen-bond acceptors (Lipinski definition) is 6. The molecule has 1 atom stereocenters. The summed E-state index contributed by atoms with van der Waals surface area (Å²) in [4.78, 5) is 37.9. The van der Waals surface area contributed by atoms with Crippen molar-refractivity contribution in [3.05, 3.63) is 78.8 Å². The molecule has 0 spiro atoms. The van der Waals surface area contributed by atoms with Gasteiger partial charge in [-0.3, -0.25) is 9.59 Å². The number of esters is 1. The highest BCUT2D eigenvalue weighted by Crippen LogP contribution is 2.19. The molecule has 0 aliphatic rings. The molecule has 2 aromatic heterocycles. The fourth-order valence-corrected chi connectivity index (χ4v) is 3.50. The molecule has 0 saturated carbocycles. The number of nitrogens with one attached hydrogen (secondary N) is 1. The van der Waals surface area contributed by atoms with Crippen molar-refractivity contribution in [1.82, 2.24) is 15.1 Å². The minimum Gasteiger partial charge on any atom is -0.452 e. The molecule has 0 aliphatic heterocycles. The standard InChI is InChI=1S/C19H15Cl2N3O4S/c1-11(15-7-4-8-29-15)23-16(25)10-28-19(27)12-5-2-3-6-14(12)24-18(26)17(21)13(20)9-22-24/h2-9,11H,10H2,1H3,(H,23,25). The van der Waals surface area contributed by atoms with Gasteiger partial charge in [0.1, 0.15) is 5.02 Å². The van der Waals surface area contributed by atoms with Crippen LogP contribution in [0.25, 0.3) is 5.69 Å². The van der Waals surface area contributed by atoms with E-state index >= 15 is 0 Å². The molecule has 0 saturated heterocycles. The summed E-state index contributed by atoms with van der Waals surface area (Å²) in [7, 11) is 0. The first-order chi connectivity index (χ1) is 13.9. The Labute approximate surface area is 179 Å². The maximum Gasteiger partial charge on any atom is 0.340 e. The highest BCUT2D eigenvalue weighted by Gasteiger charge is 2.19. The van der Waals surface area contributed by atoms with Crippen LogP contribution in [-0.4, -0.2) is 28.3 Å². The van der Waals surface area contributed by atoms with E-state index in [2.05, 4.69) is 10.4 Å². The first-order valence-electron chi connectivity index (χ1n) is 8.41. The highest BCUT2D eigenvalue weighted by molar-refractivity contribution is 7.10. The molecule has 0 fully saturated rings. The number of aromatic nitrogens is 2. The second-order valence-electron chi connectivity index (χ2n) is 5.92. The van der Waals surface area contributed by atoms with E-state index in [1.165, 1.54) is 29.7 Å². The van der Waals surface area contributed by atoms with Crippen LogP contribution in [0.2, 0.25) is 10.0 Å². The summed E-state index contributed by atoms with van der Waals surface area (Å²) in [6.45, 7) is 1.37. The zero-order valence-corrected chi connectivity index (χ0v) is 17.4. The molecular weight excluding hydrogens is 437 g/mol. The maximum atomic E-state index is 12.5. The van der Waals surface area contributed by atoms with Crippen LogP contribution in [0.5, 0.6) is 0 Å². The van der Waals surface area contributed by atoms with Gasteiger partial charge in [-0.15, -0.1) is 11.3 Å². The number of benzene rings is 1. The fraction of sp³-hybridized carbons (Fsp3) is 0.158. The van der Waals surface area contributed by atoms with Crippen LogP contribution in [-0.2, 0) is 9.53 Å². The summed E-state index contributed by atoms with van der Waals surface area (Å²) in [5, 5.41) is 8.37. The van der Waals surface area contributed by atoms with Gasteiger partial charge in [-0.05, 0) is 30.5 Å². The molecule has 1 aromatic carbocycles. The Balaban J connectivity index is 1.73. The summed E-state index contributed by atoms with van der Waals surface area (Å²) >= 11 is 13.2. The maximum absolute atomic E-state index is 12.5. The van der Waals surface area contributed by atoms with Gasteiger partial charge in [0.05, 0.1) is 28.5 Å². The van der Waals surface area contributed by atoms with E-state index in [0.717, 1.165) is 9.56 Å². The van der Waals surface area contributed by atoms with E-state index in [1.54, 1.807) is 12.1 Å². The van der Waals surface area contributed by atoms with E-state index in [0.29, 0.717) is 0 Å². The summed E-state index contributed by atoms with van der Waals surface area (Å²) in [5.41, 5.74) is -0.463. The van der Waals surface area contributed by atoms with Gasteiger partial charge in [0.2, 0.25) is 0 Å². The molecule has 1 unspecified atom stereocenters. The molecule has 7 nitrogen and oxygen atoms in total. The number of thiophene rings is 1. The van der Waals surface area contributed by atoms with Crippen molar-refractivity contribution >= 4 is 46.4 Å². The first kappa shape index (κ1) is 21.0. The third-order valence-electron chi connectivity index (χ3n) is 3.91. The Kier molecular flexibility index (Phi) is 6.68. The van der Waals surface area contributed by atoms with Crippen LogP contribution < -0.4 is 10.9 Å². The van der Waals surface area contributed by atoms with Crippen molar-refractivity contribution in [2.75, 3.05) is 6.61 Å². The van der Waals surface area contributed by atoms with Crippen molar-refractivity contribution in [1.29, 1.82) is 0 Å². The van der Waals surface area contributed by atoms with Gasteiger partial charge < -0.3 is 10.1 Å². The van der Waals surface area contributed by atoms with Crippen LogP contribution in [0.4, 0.5) is 0 Å². The van der Waals surface area contributed by atoms with Crippen LogP contribution >= 0.6 is 34.5 Å². The zero-order valence-electron chi connectivity index (χ0n) is 15.1. The van der Waals surface area contributed by atoms with Gasteiger partial charge in [0.15, 0.2) is 6.61 Å². The second kappa shape index (κ2) is 9.21. The summed E-state index contributed by atoms with van der Waals surface area (Å²) < 4.78 is 6.06. The number of halogens is 2. The lowest BCUT2D eigenvalue weighted by Gasteiger charge is -2.13. The predicted molar refractivity (Wildman–Crippen MR) is 111 cm³/mol. The van der Waals surface area contributed by atoms with Crippen LogP contribution in [0.1, 0.15) is 28.2 Å². The topological polar surface area (TPSA) is 90.3 Å².